The van der Waals surface area contributed by atoms with Crippen molar-refractivity contribution in [1.82, 2.24) is 25.6 Å². The number of carbonyl (C=O) groups excluding carboxylic acids is 1. The molecule has 5 rings (SSSR count). The Kier molecular flexibility index (Phi) is 3.89. The number of rotatable bonds is 4. The molecule has 28 heavy (non-hydrogen) atoms. The molecule has 3 heterocycles. The minimum Gasteiger partial charge on any atom is -0.339 e. The first-order valence-corrected chi connectivity index (χ1v) is 9.25. The van der Waals surface area contributed by atoms with Crippen molar-refractivity contribution >= 4 is 22.6 Å². The van der Waals surface area contributed by atoms with E-state index in [4.69, 9.17) is 4.52 Å². The monoisotopic (exact) mass is 374 g/mol. The predicted octanol–water partition coefficient (Wildman–Crippen LogP) is 3.09. The van der Waals surface area contributed by atoms with Crippen molar-refractivity contribution in [2.24, 2.45) is 0 Å². The highest BCUT2D eigenvalue weighted by molar-refractivity contribution is 5.96. The summed E-state index contributed by atoms with van der Waals surface area (Å²) in [6, 6.07) is 13.7. The topological polar surface area (TPSA) is 101 Å². The number of aromatic amines is 1. The lowest BCUT2D eigenvalue weighted by Gasteiger charge is -2.16. The van der Waals surface area contributed by atoms with E-state index >= 15 is 0 Å². The number of anilines is 1. The third-order valence-corrected chi connectivity index (χ3v) is 5.12. The Hall–Kier alpha value is -3.55. The Bertz CT molecular complexity index is 1160. The summed E-state index contributed by atoms with van der Waals surface area (Å²) in [7, 11) is 0. The number of amides is 1. The van der Waals surface area contributed by atoms with Gasteiger partial charge in [-0.1, -0.05) is 24.2 Å². The standard InChI is InChI=1S/C20H18N6O2/c1-2-12-4-3-5-15(8-12)26-11-14(10-18(26)27)20-21-19(24-28-20)13-6-7-16-17(9-13)23-25-22-16/h3-9,14H,2,10-11H2,1H3,(H,22,23,25). The number of benzene rings is 2. The molecule has 1 aliphatic heterocycles. The van der Waals surface area contributed by atoms with Gasteiger partial charge in [0.05, 0.1) is 5.92 Å². The lowest BCUT2D eigenvalue weighted by Crippen LogP contribution is -2.24. The zero-order chi connectivity index (χ0) is 19.1. The van der Waals surface area contributed by atoms with E-state index in [2.05, 4.69) is 44.6 Å². The highest BCUT2D eigenvalue weighted by Gasteiger charge is 2.35. The second-order valence-electron chi connectivity index (χ2n) is 6.91. The molecule has 0 radical (unpaired) electrons. The van der Waals surface area contributed by atoms with Crippen LogP contribution in [0.1, 0.15) is 30.7 Å². The fraction of sp³-hybridized carbons (Fsp3) is 0.250. The maximum atomic E-state index is 12.6. The van der Waals surface area contributed by atoms with Crippen molar-refractivity contribution in [1.29, 1.82) is 0 Å². The van der Waals surface area contributed by atoms with E-state index in [1.54, 1.807) is 4.90 Å². The number of hydrogen-bond acceptors (Lipinski definition) is 6. The lowest BCUT2D eigenvalue weighted by molar-refractivity contribution is -0.117. The third-order valence-electron chi connectivity index (χ3n) is 5.12. The number of nitrogens with one attached hydrogen (secondary N) is 1. The number of fused-ring (bicyclic) bond motifs is 1. The van der Waals surface area contributed by atoms with Crippen LogP contribution in [0.15, 0.2) is 47.0 Å². The van der Waals surface area contributed by atoms with E-state index < -0.39 is 0 Å². The van der Waals surface area contributed by atoms with Crippen LogP contribution in [-0.2, 0) is 11.2 Å². The zero-order valence-corrected chi connectivity index (χ0v) is 15.3. The van der Waals surface area contributed by atoms with Crippen molar-refractivity contribution in [3.05, 3.63) is 53.9 Å². The molecule has 2 aromatic carbocycles. The predicted molar refractivity (Wildman–Crippen MR) is 103 cm³/mol. The number of carbonyl (C=O) groups is 1. The molecule has 0 saturated carbocycles. The number of hydrogen-bond donors (Lipinski definition) is 1. The van der Waals surface area contributed by atoms with Gasteiger partial charge in [0.15, 0.2) is 0 Å². The maximum absolute atomic E-state index is 12.6. The smallest absolute Gasteiger partial charge is 0.232 e. The number of aromatic nitrogens is 5. The quantitative estimate of drug-likeness (QED) is 0.589. The highest BCUT2D eigenvalue weighted by atomic mass is 16.5. The van der Waals surface area contributed by atoms with Gasteiger partial charge in [-0.3, -0.25) is 4.79 Å². The molecule has 1 atom stereocenters. The molecule has 1 aliphatic rings. The summed E-state index contributed by atoms with van der Waals surface area (Å²) >= 11 is 0. The average Bonchev–Trinajstić information content (AvgIpc) is 3.46. The van der Waals surface area contributed by atoms with Gasteiger partial charge >= 0.3 is 0 Å². The molecule has 1 amide bonds. The summed E-state index contributed by atoms with van der Waals surface area (Å²) in [5.41, 5.74) is 4.44. The Balaban J connectivity index is 1.39. The number of aryl methyl sites for hydroxylation is 1. The maximum Gasteiger partial charge on any atom is 0.232 e. The van der Waals surface area contributed by atoms with Gasteiger partial charge in [0.1, 0.15) is 11.0 Å². The summed E-state index contributed by atoms with van der Waals surface area (Å²) in [5.74, 6) is 0.924. The molecule has 1 N–H and O–H groups in total. The zero-order valence-electron chi connectivity index (χ0n) is 15.3. The minimum atomic E-state index is -0.116. The van der Waals surface area contributed by atoms with Crippen molar-refractivity contribution in [3.63, 3.8) is 0 Å². The van der Waals surface area contributed by atoms with Gasteiger partial charge in [-0.2, -0.15) is 20.4 Å². The molecule has 1 fully saturated rings. The minimum absolute atomic E-state index is 0.0713. The van der Waals surface area contributed by atoms with Gasteiger partial charge < -0.3 is 9.42 Å². The Labute approximate surface area is 160 Å². The van der Waals surface area contributed by atoms with Gasteiger partial charge in [0.25, 0.3) is 0 Å². The van der Waals surface area contributed by atoms with Crippen LogP contribution in [0.25, 0.3) is 22.4 Å². The summed E-state index contributed by atoms with van der Waals surface area (Å²) < 4.78 is 5.49. The van der Waals surface area contributed by atoms with Gasteiger partial charge in [0.2, 0.25) is 17.6 Å². The Morgan fingerprint density at radius 3 is 2.96 bits per heavy atom. The molecule has 0 aliphatic carbocycles. The largest absolute Gasteiger partial charge is 0.339 e. The van der Waals surface area contributed by atoms with Crippen molar-refractivity contribution in [2.45, 2.75) is 25.7 Å². The fourth-order valence-corrected chi connectivity index (χ4v) is 3.56. The van der Waals surface area contributed by atoms with Crippen molar-refractivity contribution < 1.29 is 9.32 Å². The van der Waals surface area contributed by atoms with Crippen LogP contribution >= 0.6 is 0 Å². The van der Waals surface area contributed by atoms with E-state index in [1.807, 2.05) is 30.3 Å². The molecular formula is C20H18N6O2. The molecular weight excluding hydrogens is 356 g/mol. The van der Waals surface area contributed by atoms with E-state index in [1.165, 1.54) is 5.56 Å². The molecule has 0 spiro atoms. The van der Waals surface area contributed by atoms with Crippen LogP contribution in [0.4, 0.5) is 5.69 Å². The molecule has 8 heteroatoms. The fourth-order valence-electron chi connectivity index (χ4n) is 3.56. The van der Waals surface area contributed by atoms with Gasteiger partial charge in [-0.15, -0.1) is 0 Å². The second kappa shape index (κ2) is 6.56. The molecule has 8 nitrogen and oxygen atoms in total. The van der Waals surface area contributed by atoms with Crippen LogP contribution in [-0.4, -0.2) is 38.0 Å². The van der Waals surface area contributed by atoms with Crippen molar-refractivity contribution in [3.8, 4) is 11.4 Å². The average molecular weight is 374 g/mol. The first-order chi connectivity index (χ1) is 13.7. The first-order valence-electron chi connectivity index (χ1n) is 9.25. The van der Waals surface area contributed by atoms with Gasteiger partial charge in [-0.25, -0.2) is 0 Å². The first kappa shape index (κ1) is 16.6. The van der Waals surface area contributed by atoms with Gasteiger partial charge in [-0.05, 0) is 42.3 Å². The Morgan fingerprint density at radius 1 is 1.18 bits per heavy atom. The molecule has 1 saturated heterocycles. The van der Waals surface area contributed by atoms with E-state index in [-0.39, 0.29) is 11.8 Å². The molecule has 2 aromatic heterocycles. The summed E-state index contributed by atoms with van der Waals surface area (Å²) in [5, 5.41) is 14.8. The van der Waals surface area contributed by atoms with Crippen LogP contribution < -0.4 is 4.90 Å². The summed E-state index contributed by atoms with van der Waals surface area (Å²) in [6.45, 7) is 2.64. The SMILES string of the molecule is CCc1cccc(N2CC(c3nc(-c4ccc5n[nH]nc5c4)no3)CC2=O)c1. The van der Waals surface area contributed by atoms with Crippen LogP contribution in [0.3, 0.4) is 0 Å². The number of H-pyrrole nitrogens is 1. The normalized spacial score (nSPS) is 17.0. The molecule has 1 unspecified atom stereocenters. The third kappa shape index (κ3) is 2.83. The highest BCUT2D eigenvalue weighted by Crippen LogP contribution is 2.32. The Morgan fingerprint density at radius 2 is 2.07 bits per heavy atom. The molecule has 0 bridgehead atoms. The number of nitrogens with zero attached hydrogens (tertiary/aromatic N) is 5. The second-order valence-corrected chi connectivity index (χ2v) is 6.91. The molecule has 4 aromatic rings. The van der Waals surface area contributed by atoms with Crippen LogP contribution in [0, 0.1) is 0 Å². The summed E-state index contributed by atoms with van der Waals surface area (Å²) in [4.78, 5) is 18.9. The van der Waals surface area contributed by atoms with Crippen LogP contribution in [0.5, 0.6) is 0 Å². The van der Waals surface area contributed by atoms with E-state index in [0.29, 0.717) is 24.7 Å². The van der Waals surface area contributed by atoms with E-state index in [9.17, 15) is 4.79 Å². The van der Waals surface area contributed by atoms with Crippen LogP contribution in [0.2, 0.25) is 0 Å². The molecule has 140 valence electrons. The van der Waals surface area contributed by atoms with Crippen molar-refractivity contribution in [2.75, 3.05) is 11.4 Å². The summed E-state index contributed by atoms with van der Waals surface area (Å²) in [6.07, 6.45) is 1.29. The van der Waals surface area contributed by atoms with Gasteiger partial charge in [0, 0.05) is 24.2 Å². The lowest BCUT2D eigenvalue weighted by atomic mass is 10.1. The van der Waals surface area contributed by atoms with E-state index in [0.717, 1.165) is 28.7 Å².